The number of aryl methyl sites for hydroxylation is 1. The lowest BCUT2D eigenvalue weighted by molar-refractivity contribution is -0.0328. The van der Waals surface area contributed by atoms with Gasteiger partial charge >= 0.3 is 5.51 Å². The van der Waals surface area contributed by atoms with Crippen LogP contribution in [0.4, 0.5) is 13.2 Å². The van der Waals surface area contributed by atoms with Crippen molar-refractivity contribution in [1.29, 1.82) is 0 Å². The summed E-state index contributed by atoms with van der Waals surface area (Å²) in [6.07, 6.45) is 3.74. The molecule has 0 radical (unpaired) electrons. The molecule has 1 aromatic heterocycles. The normalized spacial score (nSPS) is 18.4. The van der Waals surface area contributed by atoms with Gasteiger partial charge in [-0.2, -0.15) is 13.2 Å². The van der Waals surface area contributed by atoms with E-state index in [-0.39, 0.29) is 27.6 Å². The molecule has 130 valence electrons. The summed E-state index contributed by atoms with van der Waals surface area (Å²) in [5.74, 6) is 0.769. The number of benzene rings is 1. The Kier molecular flexibility index (Phi) is 4.67. The van der Waals surface area contributed by atoms with Gasteiger partial charge in [-0.3, -0.25) is 0 Å². The number of sulfonamides is 1. The van der Waals surface area contributed by atoms with E-state index in [1.54, 1.807) is 6.07 Å². The van der Waals surface area contributed by atoms with Crippen LogP contribution in [-0.4, -0.2) is 13.9 Å². The van der Waals surface area contributed by atoms with Gasteiger partial charge in [-0.15, -0.1) is 0 Å². The highest BCUT2D eigenvalue weighted by molar-refractivity contribution is 8.00. The molecule has 0 aliphatic heterocycles. The molecule has 0 bridgehead atoms. The predicted octanol–water partition coefficient (Wildman–Crippen LogP) is 4.25. The van der Waals surface area contributed by atoms with Gasteiger partial charge in [0.15, 0.2) is 0 Å². The lowest BCUT2D eigenvalue weighted by Crippen LogP contribution is -2.30. The lowest BCUT2D eigenvalue weighted by atomic mass is 9.94. The van der Waals surface area contributed by atoms with Crippen LogP contribution in [0.5, 0.6) is 0 Å². The number of furan rings is 1. The standard InChI is InChI=1S/C15H14F3NO3S2/c16-15(17,18)23-10-4-6-11(7-5-10)24(20,21)19-13-2-1-3-14-12(13)8-9-22-14/h4-9,13,19H,1-3H2. The van der Waals surface area contributed by atoms with Crippen molar-refractivity contribution in [2.75, 3.05) is 0 Å². The van der Waals surface area contributed by atoms with Crippen molar-refractivity contribution in [3.05, 3.63) is 47.9 Å². The molecule has 0 fully saturated rings. The van der Waals surface area contributed by atoms with E-state index >= 15 is 0 Å². The fourth-order valence-corrected chi connectivity index (χ4v) is 4.47. The molecule has 3 rings (SSSR count). The molecular formula is C15H14F3NO3S2. The number of alkyl halides is 3. The third kappa shape index (κ3) is 3.96. The minimum absolute atomic E-state index is 0.0590. The molecule has 0 saturated heterocycles. The molecule has 1 heterocycles. The number of fused-ring (bicyclic) bond motifs is 1. The summed E-state index contributed by atoms with van der Waals surface area (Å²) in [6.45, 7) is 0. The highest BCUT2D eigenvalue weighted by Crippen LogP contribution is 2.37. The zero-order valence-corrected chi connectivity index (χ0v) is 14.0. The molecule has 0 spiro atoms. The molecule has 1 atom stereocenters. The van der Waals surface area contributed by atoms with E-state index in [9.17, 15) is 21.6 Å². The van der Waals surface area contributed by atoms with Crippen LogP contribution in [0.3, 0.4) is 0 Å². The van der Waals surface area contributed by atoms with E-state index in [0.29, 0.717) is 6.42 Å². The zero-order chi connectivity index (χ0) is 17.4. The minimum Gasteiger partial charge on any atom is -0.469 e. The van der Waals surface area contributed by atoms with Gasteiger partial charge < -0.3 is 4.42 Å². The summed E-state index contributed by atoms with van der Waals surface area (Å²) in [4.78, 5) is -0.124. The first-order valence-electron chi connectivity index (χ1n) is 7.19. The van der Waals surface area contributed by atoms with Gasteiger partial charge in [-0.25, -0.2) is 13.1 Å². The van der Waals surface area contributed by atoms with Gasteiger partial charge in [0, 0.05) is 16.9 Å². The number of thioether (sulfide) groups is 1. The van der Waals surface area contributed by atoms with E-state index in [1.807, 2.05) is 0 Å². The first-order chi connectivity index (χ1) is 11.2. The van der Waals surface area contributed by atoms with Crippen LogP contribution in [-0.2, 0) is 16.4 Å². The molecule has 1 aliphatic rings. The van der Waals surface area contributed by atoms with Crippen LogP contribution in [0.1, 0.15) is 30.2 Å². The molecular weight excluding hydrogens is 363 g/mol. The molecule has 0 amide bonds. The third-order valence-electron chi connectivity index (χ3n) is 3.72. The molecule has 4 nitrogen and oxygen atoms in total. The summed E-state index contributed by atoms with van der Waals surface area (Å²) in [6, 6.07) is 6.01. The van der Waals surface area contributed by atoms with Crippen LogP contribution in [0.15, 0.2) is 50.8 Å². The predicted molar refractivity (Wildman–Crippen MR) is 83.1 cm³/mol. The maximum atomic E-state index is 12.5. The van der Waals surface area contributed by atoms with Crippen molar-refractivity contribution < 1.29 is 26.0 Å². The third-order valence-corrected chi connectivity index (χ3v) is 5.94. The Morgan fingerprint density at radius 2 is 1.88 bits per heavy atom. The molecule has 1 unspecified atom stereocenters. The summed E-state index contributed by atoms with van der Waals surface area (Å²) in [5, 5.41) is 0. The van der Waals surface area contributed by atoms with Crippen LogP contribution >= 0.6 is 11.8 Å². The largest absolute Gasteiger partial charge is 0.469 e. The second-order valence-electron chi connectivity index (χ2n) is 5.38. The fourth-order valence-electron chi connectivity index (χ4n) is 2.68. The molecule has 2 aromatic rings. The van der Waals surface area contributed by atoms with Gasteiger partial charge in [-0.05, 0) is 54.9 Å². The van der Waals surface area contributed by atoms with Crippen LogP contribution in [0.25, 0.3) is 0 Å². The second-order valence-corrected chi connectivity index (χ2v) is 8.24. The average molecular weight is 377 g/mol. The molecule has 0 saturated carbocycles. The van der Waals surface area contributed by atoms with Crippen molar-refractivity contribution >= 4 is 21.8 Å². The topological polar surface area (TPSA) is 59.3 Å². The fraction of sp³-hybridized carbons (Fsp3) is 0.333. The van der Waals surface area contributed by atoms with E-state index in [4.69, 9.17) is 4.42 Å². The quantitative estimate of drug-likeness (QED) is 0.810. The number of rotatable bonds is 4. The van der Waals surface area contributed by atoms with E-state index in [0.717, 1.165) is 36.3 Å². The van der Waals surface area contributed by atoms with Gasteiger partial charge in [0.1, 0.15) is 5.76 Å². The van der Waals surface area contributed by atoms with Crippen LogP contribution in [0.2, 0.25) is 0 Å². The van der Waals surface area contributed by atoms with E-state index in [1.165, 1.54) is 18.4 Å². The molecule has 1 aromatic carbocycles. The van der Waals surface area contributed by atoms with Crippen molar-refractivity contribution in [3.63, 3.8) is 0 Å². The Labute approximate surface area is 141 Å². The Morgan fingerprint density at radius 1 is 1.17 bits per heavy atom. The van der Waals surface area contributed by atoms with Crippen LogP contribution in [0, 0.1) is 0 Å². The average Bonchev–Trinajstić information content (AvgIpc) is 2.95. The molecule has 1 aliphatic carbocycles. The maximum absolute atomic E-state index is 12.5. The van der Waals surface area contributed by atoms with Gasteiger partial charge in [0.05, 0.1) is 17.2 Å². The monoisotopic (exact) mass is 377 g/mol. The first kappa shape index (κ1) is 17.4. The summed E-state index contributed by atoms with van der Waals surface area (Å²) in [7, 11) is -3.82. The maximum Gasteiger partial charge on any atom is 0.446 e. The molecule has 9 heteroatoms. The zero-order valence-electron chi connectivity index (χ0n) is 12.3. The van der Waals surface area contributed by atoms with Crippen molar-refractivity contribution in [2.45, 2.75) is 40.6 Å². The summed E-state index contributed by atoms with van der Waals surface area (Å²) >= 11 is -0.280. The van der Waals surface area contributed by atoms with Crippen molar-refractivity contribution in [2.24, 2.45) is 0 Å². The second kappa shape index (κ2) is 6.45. The Balaban J connectivity index is 1.77. The van der Waals surface area contributed by atoms with Crippen molar-refractivity contribution in [3.8, 4) is 0 Å². The van der Waals surface area contributed by atoms with E-state index in [2.05, 4.69) is 4.72 Å². The number of hydrogen-bond acceptors (Lipinski definition) is 4. The smallest absolute Gasteiger partial charge is 0.446 e. The van der Waals surface area contributed by atoms with Gasteiger partial charge in [-0.1, -0.05) is 0 Å². The highest BCUT2D eigenvalue weighted by Gasteiger charge is 2.30. The van der Waals surface area contributed by atoms with Crippen molar-refractivity contribution in [1.82, 2.24) is 4.72 Å². The SMILES string of the molecule is O=S(=O)(NC1CCCc2occc21)c1ccc(SC(F)(F)F)cc1. The summed E-state index contributed by atoms with van der Waals surface area (Å²) in [5.41, 5.74) is -3.59. The van der Waals surface area contributed by atoms with E-state index < -0.39 is 15.5 Å². The molecule has 24 heavy (non-hydrogen) atoms. The minimum atomic E-state index is -4.40. The van der Waals surface area contributed by atoms with Gasteiger partial charge in [0.25, 0.3) is 0 Å². The molecule has 1 N–H and O–H groups in total. The number of nitrogens with one attached hydrogen (secondary N) is 1. The lowest BCUT2D eigenvalue weighted by Gasteiger charge is -2.22. The number of hydrogen-bond donors (Lipinski definition) is 1. The van der Waals surface area contributed by atoms with Crippen LogP contribution < -0.4 is 4.72 Å². The number of halogens is 3. The Morgan fingerprint density at radius 3 is 2.54 bits per heavy atom. The highest BCUT2D eigenvalue weighted by atomic mass is 32.2. The Bertz CT molecular complexity index is 813. The first-order valence-corrected chi connectivity index (χ1v) is 9.49. The van der Waals surface area contributed by atoms with Gasteiger partial charge in [0.2, 0.25) is 10.0 Å². The Hall–Kier alpha value is -1.45. The summed E-state index contributed by atoms with van der Waals surface area (Å²) < 4.78 is 69.8.